The van der Waals surface area contributed by atoms with Gasteiger partial charge in [-0.05, 0) is 37.1 Å². The molecule has 4 nitrogen and oxygen atoms in total. The summed E-state index contributed by atoms with van der Waals surface area (Å²) in [7, 11) is 0. The first kappa shape index (κ1) is 17.4. The molecule has 0 bridgehead atoms. The van der Waals surface area contributed by atoms with E-state index < -0.39 is 11.7 Å². The molecule has 5 heteroatoms. The van der Waals surface area contributed by atoms with Gasteiger partial charge in [-0.2, -0.15) is 0 Å². The second kappa shape index (κ2) is 8.62. The van der Waals surface area contributed by atoms with Gasteiger partial charge in [0.1, 0.15) is 18.5 Å². The smallest absolute Gasteiger partial charge is 0.119 e. The van der Waals surface area contributed by atoms with Crippen molar-refractivity contribution in [2.45, 2.75) is 38.4 Å². The Morgan fingerprint density at radius 2 is 1.85 bits per heavy atom. The molecule has 1 aromatic rings. The summed E-state index contributed by atoms with van der Waals surface area (Å²) < 4.78 is 6.48. The SMILES string of the molecule is CCC(O)(CC)CNCC(O)COc1ccc(Br)cc1. The molecule has 0 spiro atoms. The van der Waals surface area contributed by atoms with Gasteiger partial charge in [-0.25, -0.2) is 0 Å². The Bertz CT molecular complexity index is 379. The molecule has 3 N–H and O–H groups in total. The van der Waals surface area contributed by atoms with E-state index in [-0.39, 0.29) is 6.61 Å². The second-order valence-electron chi connectivity index (χ2n) is 4.98. The first-order chi connectivity index (χ1) is 9.49. The van der Waals surface area contributed by atoms with E-state index in [4.69, 9.17) is 4.74 Å². The summed E-state index contributed by atoms with van der Waals surface area (Å²) in [5.41, 5.74) is -0.688. The highest BCUT2D eigenvalue weighted by atomic mass is 79.9. The van der Waals surface area contributed by atoms with E-state index in [2.05, 4.69) is 21.2 Å². The van der Waals surface area contributed by atoms with E-state index in [0.29, 0.717) is 25.9 Å². The summed E-state index contributed by atoms with van der Waals surface area (Å²) in [6.45, 7) is 5.02. The standard InChI is InChI=1S/C15H24BrNO3/c1-3-15(19,4-2)11-17-9-13(18)10-20-14-7-5-12(16)6-8-14/h5-8,13,17-19H,3-4,9-11H2,1-2H3. The number of aliphatic hydroxyl groups is 2. The normalized spacial score (nSPS) is 13.2. The predicted octanol–water partition coefficient (Wildman–Crippen LogP) is 2.33. The molecule has 0 amide bonds. The van der Waals surface area contributed by atoms with Gasteiger partial charge in [-0.15, -0.1) is 0 Å². The molecule has 0 aromatic heterocycles. The fourth-order valence-electron chi connectivity index (χ4n) is 1.75. The van der Waals surface area contributed by atoms with E-state index in [1.54, 1.807) is 0 Å². The Balaban J connectivity index is 2.23. The summed E-state index contributed by atoms with van der Waals surface area (Å²) in [5, 5.41) is 23.0. The molecule has 0 saturated heterocycles. The first-order valence-electron chi connectivity index (χ1n) is 6.98. The minimum Gasteiger partial charge on any atom is -0.491 e. The lowest BCUT2D eigenvalue weighted by atomic mass is 9.97. The highest BCUT2D eigenvalue weighted by molar-refractivity contribution is 9.10. The number of hydrogen-bond donors (Lipinski definition) is 3. The van der Waals surface area contributed by atoms with E-state index in [0.717, 1.165) is 10.2 Å². The Kier molecular flexibility index (Phi) is 7.51. The number of aliphatic hydroxyl groups excluding tert-OH is 1. The minimum absolute atomic E-state index is 0.227. The maximum Gasteiger partial charge on any atom is 0.119 e. The van der Waals surface area contributed by atoms with Crippen LogP contribution in [-0.2, 0) is 0 Å². The van der Waals surface area contributed by atoms with Crippen LogP contribution in [0, 0.1) is 0 Å². The molecule has 0 aliphatic rings. The van der Waals surface area contributed by atoms with Crippen molar-refractivity contribution >= 4 is 15.9 Å². The third-order valence-electron chi connectivity index (χ3n) is 3.41. The van der Waals surface area contributed by atoms with Gasteiger partial charge >= 0.3 is 0 Å². The quantitative estimate of drug-likeness (QED) is 0.642. The molecule has 0 radical (unpaired) electrons. The van der Waals surface area contributed by atoms with E-state index in [1.165, 1.54) is 0 Å². The minimum atomic E-state index is -0.688. The summed E-state index contributed by atoms with van der Waals surface area (Å²) in [6.07, 6.45) is 0.792. The van der Waals surface area contributed by atoms with E-state index in [1.807, 2.05) is 38.1 Å². The van der Waals surface area contributed by atoms with Crippen LogP contribution in [0.2, 0.25) is 0 Å². The van der Waals surface area contributed by atoms with Gasteiger partial charge in [0.15, 0.2) is 0 Å². The van der Waals surface area contributed by atoms with Gasteiger partial charge in [-0.3, -0.25) is 0 Å². The lowest BCUT2D eigenvalue weighted by Crippen LogP contribution is -2.43. The van der Waals surface area contributed by atoms with Crippen molar-refractivity contribution in [1.82, 2.24) is 5.32 Å². The van der Waals surface area contributed by atoms with Gasteiger partial charge in [0, 0.05) is 17.6 Å². The van der Waals surface area contributed by atoms with Gasteiger partial charge in [0.25, 0.3) is 0 Å². The molecule has 20 heavy (non-hydrogen) atoms. The van der Waals surface area contributed by atoms with Gasteiger partial charge in [-0.1, -0.05) is 29.8 Å². The molecular formula is C15H24BrNO3. The summed E-state index contributed by atoms with van der Waals surface area (Å²) in [4.78, 5) is 0. The largest absolute Gasteiger partial charge is 0.491 e. The van der Waals surface area contributed by atoms with Crippen molar-refractivity contribution in [3.63, 3.8) is 0 Å². The molecule has 0 aliphatic carbocycles. The number of benzene rings is 1. The summed E-state index contributed by atoms with van der Waals surface area (Å²) in [6, 6.07) is 7.47. The molecular weight excluding hydrogens is 322 g/mol. The molecule has 1 unspecified atom stereocenters. The van der Waals surface area contributed by atoms with Crippen molar-refractivity contribution in [1.29, 1.82) is 0 Å². The second-order valence-corrected chi connectivity index (χ2v) is 5.90. The topological polar surface area (TPSA) is 61.7 Å². The Labute approximate surface area is 129 Å². The lowest BCUT2D eigenvalue weighted by Gasteiger charge is -2.26. The molecule has 1 atom stereocenters. The van der Waals surface area contributed by atoms with Crippen LogP contribution in [0.3, 0.4) is 0 Å². The maximum absolute atomic E-state index is 10.1. The zero-order chi connectivity index (χ0) is 15.0. The molecule has 0 saturated carbocycles. The third kappa shape index (κ3) is 6.22. The highest BCUT2D eigenvalue weighted by Crippen LogP contribution is 2.16. The number of hydrogen-bond acceptors (Lipinski definition) is 4. The van der Waals surface area contributed by atoms with Crippen LogP contribution in [0.1, 0.15) is 26.7 Å². The van der Waals surface area contributed by atoms with E-state index >= 15 is 0 Å². The van der Waals surface area contributed by atoms with E-state index in [9.17, 15) is 10.2 Å². The first-order valence-corrected chi connectivity index (χ1v) is 7.78. The van der Waals surface area contributed by atoms with Crippen molar-refractivity contribution in [2.75, 3.05) is 19.7 Å². The summed E-state index contributed by atoms with van der Waals surface area (Å²) >= 11 is 3.35. The van der Waals surface area contributed by atoms with Crippen LogP contribution in [0.15, 0.2) is 28.7 Å². The molecule has 1 rings (SSSR count). The number of rotatable bonds is 9. The van der Waals surface area contributed by atoms with Crippen molar-refractivity contribution in [2.24, 2.45) is 0 Å². The predicted molar refractivity (Wildman–Crippen MR) is 84.0 cm³/mol. The van der Waals surface area contributed by atoms with Crippen molar-refractivity contribution in [3.05, 3.63) is 28.7 Å². The van der Waals surface area contributed by atoms with Crippen molar-refractivity contribution < 1.29 is 14.9 Å². The van der Waals surface area contributed by atoms with Crippen LogP contribution in [0.5, 0.6) is 5.75 Å². The van der Waals surface area contributed by atoms with Crippen LogP contribution in [-0.4, -0.2) is 41.6 Å². The zero-order valence-corrected chi connectivity index (χ0v) is 13.7. The fourth-order valence-corrected chi connectivity index (χ4v) is 2.02. The average Bonchev–Trinajstić information content (AvgIpc) is 2.46. The molecule has 0 heterocycles. The van der Waals surface area contributed by atoms with Crippen LogP contribution in [0.4, 0.5) is 0 Å². The van der Waals surface area contributed by atoms with Crippen LogP contribution >= 0.6 is 15.9 Å². The number of ether oxygens (including phenoxy) is 1. The third-order valence-corrected chi connectivity index (χ3v) is 3.93. The van der Waals surface area contributed by atoms with Gasteiger partial charge in [0.2, 0.25) is 0 Å². The number of halogens is 1. The Morgan fingerprint density at radius 1 is 1.25 bits per heavy atom. The average molecular weight is 346 g/mol. The van der Waals surface area contributed by atoms with Crippen molar-refractivity contribution in [3.8, 4) is 5.75 Å². The Hall–Kier alpha value is -0.620. The van der Waals surface area contributed by atoms with Crippen LogP contribution in [0.25, 0.3) is 0 Å². The highest BCUT2D eigenvalue weighted by Gasteiger charge is 2.21. The molecule has 0 fully saturated rings. The van der Waals surface area contributed by atoms with Gasteiger partial charge < -0.3 is 20.3 Å². The van der Waals surface area contributed by atoms with Crippen LogP contribution < -0.4 is 10.1 Å². The number of nitrogens with one attached hydrogen (secondary N) is 1. The maximum atomic E-state index is 10.1. The monoisotopic (exact) mass is 345 g/mol. The summed E-state index contributed by atoms with van der Waals surface area (Å²) in [5.74, 6) is 0.728. The fraction of sp³-hybridized carbons (Fsp3) is 0.600. The zero-order valence-electron chi connectivity index (χ0n) is 12.1. The van der Waals surface area contributed by atoms with Gasteiger partial charge in [0.05, 0.1) is 5.60 Å². The molecule has 114 valence electrons. The molecule has 0 aliphatic heterocycles. The Morgan fingerprint density at radius 3 is 2.40 bits per heavy atom. The lowest BCUT2D eigenvalue weighted by molar-refractivity contribution is 0.0270. The molecule has 1 aromatic carbocycles.